The Labute approximate surface area is 156 Å². The number of hydrogen-bond donors (Lipinski definition) is 1. The Morgan fingerprint density at radius 3 is 2.69 bits per heavy atom. The summed E-state index contributed by atoms with van der Waals surface area (Å²) in [5.41, 5.74) is 0.405. The molecule has 0 spiro atoms. The largest absolute Gasteiger partial charge is 0.380 e. The van der Waals surface area contributed by atoms with Gasteiger partial charge in [-0.15, -0.1) is 0 Å². The van der Waals surface area contributed by atoms with Gasteiger partial charge in [-0.05, 0) is 43.4 Å². The molecule has 2 fully saturated rings. The van der Waals surface area contributed by atoms with Crippen molar-refractivity contribution in [3.63, 3.8) is 0 Å². The van der Waals surface area contributed by atoms with E-state index >= 15 is 0 Å². The number of ether oxygens (including phenoxy) is 1. The number of likely N-dealkylation sites (tertiary alicyclic amines) is 1. The van der Waals surface area contributed by atoms with Gasteiger partial charge in [-0.25, -0.2) is 13.1 Å². The molecular weight excluding hydrogens is 352 g/mol. The average molecular weight is 381 g/mol. The van der Waals surface area contributed by atoms with Crippen molar-refractivity contribution >= 4 is 15.9 Å². The molecule has 1 aliphatic carbocycles. The highest BCUT2D eigenvalue weighted by molar-refractivity contribution is 7.89. The molecule has 0 bridgehead atoms. The summed E-state index contributed by atoms with van der Waals surface area (Å²) in [6.45, 7) is 1.66. The van der Waals surface area contributed by atoms with Gasteiger partial charge in [-0.3, -0.25) is 4.79 Å². The summed E-state index contributed by atoms with van der Waals surface area (Å²) >= 11 is 0. The Morgan fingerprint density at radius 2 is 2.00 bits per heavy atom. The van der Waals surface area contributed by atoms with Gasteiger partial charge in [-0.1, -0.05) is 25.3 Å². The first-order valence-electron chi connectivity index (χ1n) is 9.41. The van der Waals surface area contributed by atoms with Crippen molar-refractivity contribution in [1.82, 2.24) is 9.62 Å². The summed E-state index contributed by atoms with van der Waals surface area (Å²) in [7, 11) is -1.96. The lowest BCUT2D eigenvalue weighted by molar-refractivity contribution is 0.0724. The Bertz CT molecular complexity index is 729. The van der Waals surface area contributed by atoms with Crippen LogP contribution in [-0.4, -0.2) is 52.1 Å². The Hall–Kier alpha value is -1.44. The van der Waals surface area contributed by atoms with E-state index in [2.05, 4.69) is 4.72 Å². The Kier molecular flexibility index (Phi) is 6.32. The minimum atomic E-state index is -3.60. The van der Waals surface area contributed by atoms with E-state index in [0.717, 1.165) is 19.3 Å². The number of rotatable bonds is 6. The van der Waals surface area contributed by atoms with Gasteiger partial charge in [0.05, 0.1) is 11.0 Å². The Balaban J connectivity index is 1.66. The van der Waals surface area contributed by atoms with Crippen LogP contribution in [-0.2, 0) is 14.8 Å². The van der Waals surface area contributed by atoms with E-state index in [9.17, 15) is 13.2 Å². The highest BCUT2D eigenvalue weighted by atomic mass is 32.2. The van der Waals surface area contributed by atoms with Crippen molar-refractivity contribution in [2.24, 2.45) is 5.92 Å². The summed E-state index contributed by atoms with van der Waals surface area (Å²) in [4.78, 5) is 14.5. The van der Waals surface area contributed by atoms with Crippen molar-refractivity contribution in [3.8, 4) is 0 Å². The van der Waals surface area contributed by atoms with Gasteiger partial charge in [0.15, 0.2) is 0 Å². The predicted octanol–water partition coefficient (Wildman–Crippen LogP) is 2.41. The first-order valence-corrected chi connectivity index (χ1v) is 10.9. The molecule has 1 atom stereocenters. The number of hydrogen-bond acceptors (Lipinski definition) is 4. The molecule has 0 aromatic heterocycles. The van der Waals surface area contributed by atoms with Crippen LogP contribution in [0.1, 0.15) is 48.9 Å². The molecule has 2 aliphatic rings. The van der Waals surface area contributed by atoms with E-state index in [-0.39, 0.29) is 16.9 Å². The summed E-state index contributed by atoms with van der Waals surface area (Å²) in [6.07, 6.45) is 6.62. The van der Waals surface area contributed by atoms with E-state index in [0.29, 0.717) is 31.1 Å². The van der Waals surface area contributed by atoms with Gasteiger partial charge in [0.2, 0.25) is 10.0 Å². The molecule has 144 valence electrons. The van der Waals surface area contributed by atoms with Crippen LogP contribution in [0.3, 0.4) is 0 Å². The molecule has 1 aromatic carbocycles. The van der Waals surface area contributed by atoms with Crippen LogP contribution < -0.4 is 4.72 Å². The van der Waals surface area contributed by atoms with Crippen LogP contribution in [0.4, 0.5) is 0 Å². The van der Waals surface area contributed by atoms with E-state index in [1.165, 1.54) is 25.3 Å². The number of benzene rings is 1. The molecule has 1 saturated carbocycles. The van der Waals surface area contributed by atoms with Crippen LogP contribution >= 0.6 is 0 Å². The average Bonchev–Trinajstić information content (AvgIpc) is 3.16. The minimum absolute atomic E-state index is 0.0584. The molecular formula is C19H28N2O4S. The molecule has 26 heavy (non-hydrogen) atoms. The first-order chi connectivity index (χ1) is 12.5. The number of sulfonamides is 1. The normalized spacial score (nSPS) is 21.9. The summed E-state index contributed by atoms with van der Waals surface area (Å²) < 4.78 is 33.2. The van der Waals surface area contributed by atoms with Crippen LogP contribution in [0.25, 0.3) is 0 Å². The third-order valence-electron chi connectivity index (χ3n) is 5.44. The van der Waals surface area contributed by atoms with Crippen LogP contribution in [0, 0.1) is 5.92 Å². The van der Waals surface area contributed by atoms with Gasteiger partial charge >= 0.3 is 0 Å². The second kappa shape index (κ2) is 8.50. The molecule has 1 heterocycles. The zero-order chi connectivity index (χ0) is 18.6. The quantitative estimate of drug-likeness (QED) is 0.822. The lowest BCUT2D eigenvalue weighted by Gasteiger charge is -2.21. The SMILES string of the molecule is CO[C@H]1CCN(C(=O)c2cccc(S(=O)(=O)NCC3CCCCC3)c2)C1. The molecule has 1 aliphatic heterocycles. The second-order valence-corrected chi connectivity index (χ2v) is 9.05. The van der Waals surface area contributed by atoms with E-state index in [4.69, 9.17) is 4.74 Å². The number of nitrogens with one attached hydrogen (secondary N) is 1. The molecule has 1 amide bonds. The minimum Gasteiger partial charge on any atom is -0.380 e. The molecule has 1 N–H and O–H groups in total. The Morgan fingerprint density at radius 1 is 1.23 bits per heavy atom. The van der Waals surface area contributed by atoms with Crippen LogP contribution in [0.2, 0.25) is 0 Å². The molecule has 1 aromatic rings. The summed E-state index contributed by atoms with van der Waals surface area (Å²) in [5.74, 6) is 0.271. The molecule has 7 heteroatoms. The van der Waals surface area contributed by atoms with Crippen LogP contribution in [0.15, 0.2) is 29.2 Å². The van der Waals surface area contributed by atoms with Crippen LogP contribution in [0.5, 0.6) is 0 Å². The predicted molar refractivity (Wildman–Crippen MR) is 99.5 cm³/mol. The van der Waals surface area contributed by atoms with Crippen molar-refractivity contribution in [2.75, 3.05) is 26.7 Å². The monoisotopic (exact) mass is 380 g/mol. The number of carbonyl (C=O) groups is 1. The number of nitrogens with zero attached hydrogens (tertiary/aromatic N) is 1. The van der Waals surface area contributed by atoms with Gasteiger partial charge in [-0.2, -0.15) is 0 Å². The smallest absolute Gasteiger partial charge is 0.253 e. The molecule has 0 radical (unpaired) electrons. The topological polar surface area (TPSA) is 75.7 Å². The maximum atomic E-state index is 12.6. The first kappa shape index (κ1) is 19.3. The molecule has 1 saturated heterocycles. The van der Waals surface area contributed by atoms with Crippen molar-refractivity contribution in [1.29, 1.82) is 0 Å². The molecule has 6 nitrogen and oxygen atoms in total. The van der Waals surface area contributed by atoms with E-state index in [1.807, 2.05) is 0 Å². The highest BCUT2D eigenvalue weighted by Gasteiger charge is 2.27. The maximum Gasteiger partial charge on any atom is 0.253 e. The number of amides is 1. The molecule has 3 rings (SSSR count). The van der Waals surface area contributed by atoms with Crippen molar-refractivity contribution < 1.29 is 17.9 Å². The summed E-state index contributed by atoms with van der Waals surface area (Å²) in [5, 5.41) is 0. The summed E-state index contributed by atoms with van der Waals surface area (Å²) in [6, 6.07) is 6.32. The number of carbonyl (C=O) groups excluding carboxylic acids is 1. The highest BCUT2D eigenvalue weighted by Crippen LogP contribution is 2.23. The third-order valence-corrected chi connectivity index (χ3v) is 6.86. The van der Waals surface area contributed by atoms with E-state index < -0.39 is 10.0 Å². The standard InChI is InChI=1S/C19H28N2O4S/c1-25-17-10-11-21(14-17)19(22)16-8-5-9-18(12-16)26(23,24)20-13-15-6-3-2-4-7-15/h5,8-9,12,15,17,20H,2-4,6-7,10-11,13-14H2,1H3/t17-/m0/s1. The fraction of sp³-hybridized carbons (Fsp3) is 0.632. The lowest BCUT2D eigenvalue weighted by atomic mass is 9.90. The maximum absolute atomic E-state index is 12.6. The van der Waals surface area contributed by atoms with Gasteiger partial charge < -0.3 is 9.64 Å². The molecule has 0 unspecified atom stereocenters. The van der Waals surface area contributed by atoms with Gasteiger partial charge in [0.25, 0.3) is 5.91 Å². The third kappa shape index (κ3) is 4.64. The van der Waals surface area contributed by atoms with Gasteiger partial charge in [0, 0.05) is 32.3 Å². The zero-order valence-corrected chi connectivity index (χ0v) is 16.1. The van der Waals surface area contributed by atoms with Gasteiger partial charge in [0.1, 0.15) is 0 Å². The lowest BCUT2D eigenvalue weighted by Crippen LogP contribution is -2.31. The van der Waals surface area contributed by atoms with E-state index in [1.54, 1.807) is 30.2 Å². The number of methoxy groups -OCH3 is 1. The van der Waals surface area contributed by atoms with Crippen molar-refractivity contribution in [2.45, 2.75) is 49.5 Å². The second-order valence-electron chi connectivity index (χ2n) is 7.28. The fourth-order valence-corrected chi connectivity index (χ4v) is 4.95. The van der Waals surface area contributed by atoms with Crippen molar-refractivity contribution in [3.05, 3.63) is 29.8 Å². The fourth-order valence-electron chi connectivity index (χ4n) is 3.79. The zero-order valence-electron chi connectivity index (χ0n) is 15.3.